The highest BCUT2D eigenvalue weighted by atomic mass is 16.4. The number of aromatic carboxylic acids is 1. The smallest absolute Gasteiger partial charge is 0.371 e. The van der Waals surface area contributed by atoms with Gasteiger partial charge in [-0.05, 0) is 72.9 Å². The number of rotatable bonds is 4. The molecule has 0 radical (unpaired) electrons. The molecule has 0 unspecified atom stereocenters. The molecule has 4 rings (SSSR count). The summed E-state index contributed by atoms with van der Waals surface area (Å²) in [7, 11) is 0. The summed E-state index contributed by atoms with van der Waals surface area (Å²) < 4.78 is 5.44. The predicted octanol–water partition coefficient (Wildman–Crippen LogP) is 4.40. The maximum atomic E-state index is 10.9. The third-order valence-corrected chi connectivity index (χ3v) is 4.18. The Morgan fingerprint density at radius 2 is 1.60 bits per heavy atom. The molecule has 0 spiro atoms. The van der Waals surface area contributed by atoms with Gasteiger partial charge in [0.2, 0.25) is 5.76 Å². The van der Waals surface area contributed by atoms with Gasteiger partial charge in [0.15, 0.2) is 0 Å². The number of hydrogen-bond acceptors (Lipinski definition) is 2. The molecule has 3 heteroatoms. The van der Waals surface area contributed by atoms with E-state index in [9.17, 15) is 4.79 Å². The molecule has 1 heterocycles. The lowest BCUT2D eigenvalue weighted by molar-refractivity contribution is 0.0663. The molecule has 1 aromatic carbocycles. The Kier molecular flexibility index (Phi) is 2.49. The van der Waals surface area contributed by atoms with Crippen LogP contribution < -0.4 is 0 Å². The Morgan fingerprint density at radius 3 is 2.05 bits per heavy atom. The summed E-state index contributed by atoms with van der Waals surface area (Å²) in [6.45, 7) is 0. The normalized spacial score (nSPS) is 18.2. The molecule has 2 fully saturated rings. The van der Waals surface area contributed by atoms with E-state index >= 15 is 0 Å². The van der Waals surface area contributed by atoms with Crippen molar-refractivity contribution in [1.29, 1.82) is 0 Å². The number of carboxylic acids is 1. The van der Waals surface area contributed by atoms with Crippen LogP contribution in [0.5, 0.6) is 0 Å². The van der Waals surface area contributed by atoms with Crippen molar-refractivity contribution in [1.82, 2.24) is 0 Å². The van der Waals surface area contributed by atoms with Crippen molar-refractivity contribution in [2.45, 2.75) is 37.5 Å². The van der Waals surface area contributed by atoms with E-state index in [2.05, 4.69) is 18.2 Å². The van der Waals surface area contributed by atoms with Gasteiger partial charge in [0.05, 0.1) is 0 Å². The van der Waals surface area contributed by atoms with Crippen LogP contribution in [0.2, 0.25) is 0 Å². The van der Waals surface area contributed by atoms with E-state index in [0.717, 1.165) is 5.56 Å². The zero-order valence-corrected chi connectivity index (χ0v) is 11.1. The molecule has 2 aliphatic rings. The van der Waals surface area contributed by atoms with Gasteiger partial charge < -0.3 is 9.52 Å². The Balaban J connectivity index is 1.76. The van der Waals surface area contributed by atoms with Crippen molar-refractivity contribution in [3.63, 3.8) is 0 Å². The van der Waals surface area contributed by atoms with Gasteiger partial charge in [-0.1, -0.05) is 6.07 Å². The van der Waals surface area contributed by atoms with Crippen LogP contribution in [0.3, 0.4) is 0 Å². The molecule has 0 bridgehead atoms. The SMILES string of the molecule is O=C(O)c1ccc(-c2cc(C3CC3)cc(C3CC3)c2)o1. The second kappa shape index (κ2) is 4.23. The van der Waals surface area contributed by atoms with Crippen molar-refractivity contribution < 1.29 is 14.3 Å². The van der Waals surface area contributed by atoms with Gasteiger partial charge in [0.1, 0.15) is 5.76 Å². The molecule has 2 saturated carbocycles. The summed E-state index contributed by atoms with van der Waals surface area (Å²) >= 11 is 0. The lowest BCUT2D eigenvalue weighted by Crippen LogP contribution is -1.92. The van der Waals surface area contributed by atoms with Crippen LogP contribution in [0.25, 0.3) is 11.3 Å². The van der Waals surface area contributed by atoms with Gasteiger partial charge in [0, 0.05) is 5.56 Å². The third kappa shape index (κ3) is 2.13. The maximum Gasteiger partial charge on any atom is 0.371 e. The molecule has 2 aliphatic carbocycles. The molecule has 0 atom stereocenters. The Labute approximate surface area is 117 Å². The second-order valence-electron chi connectivity index (χ2n) is 5.91. The Hall–Kier alpha value is -2.03. The number of benzene rings is 1. The monoisotopic (exact) mass is 268 g/mol. The quantitative estimate of drug-likeness (QED) is 0.894. The lowest BCUT2D eigenvalue weighted by Gasteiger charge is -2.07. The van der Waals surface area contributed by atoms with E-state index in [1.807, 2.05) is 0 Å². The van der Waals surface area contributed by atoms with Crippen LogP contribution in [0.1, 0.15) is 59.2 Å². The lowest BCUT2D eigenvalue weighted by atomic mass is 9.99. The highest BCUT2D eigenvalue weighted by molar-refractivity contribution is 5.85. The molecule has 0 amide bonds. The van der Waals surface area contributed by atoms with Gasteiger partial charge in [-0.2, -0.15) is 0 Å². The van der Waals surface area contributed by atoms with Crippen molar-refractivity contribution in [2.24, 2.45) is 0 Å². The van der Waals surface area contributed by atoms with Crippen LogP contribution in [0.15, 0.2) is 34.7 Å². The summed E-state index contributed by atoms with van der Waals surface area (Å²) in [5, 5.41) is 8.96. The summed E-state index contributed by atoms with van der Waals surface area (Å²) in [5.74, 6) is 1.04. The first-order valence-corrected chi connectivity index (χ1v) is 7.19. The van der Waals surface area contributed by atoms with E-state index in [-0.39, 0.29) is 5.76 Å². The fraction of sp³-hybridized carbons (Fsp3) is 0.353. The van der Waals surface area contributed by atoms with Crippen molar-refractivity contribution in [3.05, 3.63) is 47.2 Å². The van der Waals surface area contributed by atoms with Gasteiger partial charge in [-0.25, -0.2) is 4.79 Å². The fourth-order valence-electron chi connectivity index (χ4n) is 2.73. The summed E-state index contributed by atoms with van der Waals surface area (Å²) in [6, 6.07) is 9.94. The number of carbonyl (C=O) groups is 1. The minimum atomic E-state index is -1.02. The number of carboxylic acid groups (broad SMARTS) is 1. The van der Waals surface area contributed by atoms with E-state index < -0.39 is 5.97 Å². The zero-order chi connectivity index (χ0) is 13.7. The Morgan fingerprint density at radius 1 is 1.00 bits per heavy atom. The van der Waals surface area contributed by atoms with Crippen LogP contribution in [0.4, 0.5) is 0 Å². The zero-order valence-electron chi connectivity index (χ0n) is 11.1. The second-order valence-corrected chi connectivity index (χ2v) is 5.91. The molecule has 1 N–H and O–H groups in total. The molecule has 3 nitrogen and oxygen atoms in total. The van der Waals surface area contributed by atoms with Crippen molar-refractivity contribution in [3.8, 4) is 11.3 Å². The molecular weight excluding hydrogens is 252 g/mol. The van der Waals surface area contributed by atoms with Crippen molar-refractivity contribution >= 4 is 5.97 Å². The summed E-state index contributed by atoms with van der Waals surface area (Å²) in [6.07, 6.45) is 5.08. The number of furan rings is 1. The molecule has 1 aromatic heterocycles. The number of hydrogen-bond donors (Lipinski definition) is 1. The van der Waals surface area contributed by atoms with E-state index in [1.165, 1.54) is 42.9 Å². The van der Waals surface area contributed by atoms with Crippen molar-refractivity contribution in [2.75, 3.05) is 0 Å². The highest BCUT2D eigenvalue weighted by Gasteiger charge is 2.29. The minimum absolute atomic E-state index is 0.00444. The molecular formula is C17H16O3. The first-order valence-electron chi connectivity index (χ1n) is 7.19. The van der Waals surface area contributed by atoms with E-state index in [0.29, 0.717) is 17.6 Å². The minimum Gasteiger partial charge on any atom is -0.475 e. The first kappa shape index (κ1) is 11.8. The maximum absolute atomic E-state index is 10.9. The van der Waals surface area contributed by atoms with E-state index in [4.69, 9.17) is 9.52 Å². The van der Waals surface area contributed by atoms with E-state index in [1.54, 1.807) is 6.07 Å². The highest BCUT2D eigenvalue weighted by Crippen LogP contribution is 2.46. The fourth-order valence-corrected chi connectivity index (χ4v) is 2.73. The topological polar surface area (TPSA) is 50.4 Å². The molecule has 0 aliphatic heterocycles. The third-order valence-electron chi connectivity index (χ3n) is 4.18. The largest absolute Gasteiger partial charge is 0.475 e. The van der Waals surface area contributed by atoms with Gasteiger partial charge in [-0.15, -0.1) is 0 Å². The van der Waals surface area contributed by atoms with Crippen LogP contribution in [-0.2, 0) is 0 Å². The standard InChI is InChI=1S/C17H16O3/c18-17(19)16-6-5-15(20-16)14-8-12(10-1-2-10)7-13(9-14)11-3-4-11/h5-11H,1-4H2,(H,18,19). The summed E-state index contributed by atoms with van der Waals surface area (Å²) in [5.41, 5.74) is 3.79. The van der Waals surface area contributed by atoms with Gasteiger partial charge in [0.25, 0.3) is 0 Å². The first-order chi connectivity index (χ1) is 9.70. The average Bonchev–Trinajstić information content (AvgIpc) is 3.34. The van der Waals surface area contributed by atoms with Gasteiger partial charge in [-0.3, -0.25) is 0 Å². The van der Waals surface area contributed by atoms with Crippen LogP contribution >= 0.6 is 0 Å². The molecule has 20 heavy (non-hydrogen) atoms. The predicted molar refractivity (Wildman–Crippen MR) is 75.1 cm³/mol. The van der Waals surface area contributed by atoms with Crippen LogP contribution in [0, 0.1) is 0 Å². The molecule has 0 saturated heterocycles. The van der Waals surface area contributed by atoms with Crippen LogP contribution in [-0.4, -0.2) is 11.1 Å². The summed E-state index contributed by atoms with van der Waals surface area (Å²) in [4.78, 5) is 10.9. The Bertz CT molecular complexity index is 645. The van der Waals surface area contributed by atoms with Gasteiger partial charge >= 0.3 is 5.97 Å². The molecule has 102 valence electrons. The molecule has 2 aromatic rings. The average molecular weight is 268 g/mol.